The fourth-order valence-corrected chi connectivity index (χ4v) is 10.1. The number of nitrogens with one attached hydrogen (secondary N) is 2. The summed E-state index contributed by atoms with van der Waals surface area (Å²) < 4.78 is 37.5. The molecule has 2 N–H and O–H groups in total. The number of nitro benzene ring substituents is 1. The third kappa shape index (κ3) is 10.5. The molecule has 0 spiro atoms. The second-order valence-electron chi connectivity index (χ2n) is 15.4. The number of rotatable bonds is 16. The van der Waals surface area contributed by atoms with E-state index >= 15 is 0 Å². The first-order valence-electron chi connectivity index (χ1n) is 20.4. The maximum absolute atomic E-state index is 13.9. The number of anilines is 3. The van der Waals surface area contributed by atoms with E-state index < -0.39 is 14.9 Å². The molecular formula is C45H49ClN8O5S2. The van der Waals surface area contributed by atoms with E-state index in [2.05, 4.69) is 66.2 Å². The van der Waals surface area contributed by atoms with Crippen LogP contribution < -0.4 is 14.9 Å². The third-order valence-electron chi connectivity index (χ3n) is 11.3. The Balaban J connectivity index is 0.935. The van der Waals surface area contributed by atoms with Gasteiger partial charge in [-0.1, -0.05) is 66.2 Å². The van der Waals surface area contributed by atoms with Crippen molar-refractivity contribution in [3.63, 3.8) is 0 Å². The van der Waals surface area contributed by atoms with E-state index in [4.69, 9.17) is 16.3 Å². The maximum Gasteiger partial charge on any atom is 0.293 e. The summed E-state index contributed by atoms with van der Waals surface area (Å²) in [5, 5.41) is 21.7. The van der Waals surface area contributed by atoms with E-state index in [1.165, 1.54) is 23.3 Å². The molecule has 1 atom stereocenters. The zero-order chi connectivity index (χ0) is 42.3. The Morgan fingerprint density at radius 2 is 1.61 bits per heavy atom. The van der Waals surface area contributed by atoms with Crippen molar-refractivity contribution in [2.24, 2.45) is 7.05 Å². The summed E-state index contributed by atoms with van der Waals surface area (Å²) in [6.45, 7) is 8.11. The number of aryl methyl sites for hydroxylation is 1. The SMILES string of the molecule is Cn1nc(NS(=O)(=O)c2ccc(N[C@H](CCN3CCOCC3)CSc3ccccc3)c([N+](=O)[O-])c2)c2ccc(N3CCN(Cc4ccccc4-c4ccc(Cl)cc4)CC3)cc21. The number of nitrogens with zero attached hydrogens (tertiary/aromatic N) is 6. The quantitative estimate of drug-likeness (QED) is 0.0553. The second kappa shape index (κ2) is 19.3. The van der Waals surface area contributed by atoms with Crippen LogP contribution in [0.3, 0.4) is 0 Å². The molecule has 0 saturated carbocycles. The van der Waals surface area contributed by atoms with Gasteiger partial charge >= 0.3 is 0 Å². The molecule has 13 nitrogen and oxygen atoms in total. The summed E-state index contributed by atoms with van der Waals surface area (Å²) in [6.07, 6.45) is 0.740. The van der Waals surface area contributed by atoms with Crippen molar-refractivity contribution >= 4 is 67.2 Å². The molecule has 2 aliphatic rings. The van der Waals surface area contributed by atoms with Crippen LogP contribution in [0.5, 0.6) is 0 Å². The summed E-state index contributed by atoms with van der Waals surface area (Å²) >= 11 is 7.82. The molecular weight excluding hydrogens is 832 g/mol. The van der Waals surface area contributed by atoms with Crippen molar-refractivity contribution in [3.8, 4) is 11.1 Å². The lowest BCUT2D eigenvalue weighted by Gasteiger charge is -2.36. The number of fused-ring (bicyclic) bond motifs is 1. The van der Waals surface area contributed by atoms with Crippen LogP contribution in [0.4, 0.5) is 22.9 Å². The smallest absolute Gasteiger partial charge is 0.293 e. The molecule has 0 radical (unpaired) electrons. The van der Waals surface area contributed by atoms with Gasteiger partial charge in [0, 0.05) is 98.3 Å². The number of ether oxygens (including phenoxy) is 1. The highest BCUT2D eigenvalue weighted by Crippen LogP contribution is 2.34. The molecule has 318 valence electrons. The van der Waals surface area contributed by atoms with Gasteiger partial charge < -0.3 is 15.0 Å². The molecule has 8 rings (SSSR count). The molecule has 3 heterocycles. The van der Waals surface area contributed by atoms with Crippen molar-refractivity contribution < 1.29 is 18.1 Å². The first kappa shape index (κ1) is 42.5. The minimum atomic E-state index is -4.25. The van der Waals surface area contributed by atoms with Gasteiger partial charge in [-0.15, -0.1) is 11.8 Å². The van der Waals surface area contributed by atoms with Gasteiger partial charge in [0.1, 0.15) is 5.69 Å². The molecule has 16 heteroatoms. The Hall–Kier alpha value is -5.16. The molecule has 0 amide bonds. The number of aromatic nitrogens is 2. The monoisotopic (exact) mass is 880 g/mol. The largest absolute Gasteiger partial charge is 0.379 e. The molecule has 2 saturated heterocycles. The fourth-order valence-electron chi connectivity index (χ4n) is 7.92. The molecule has 1 aromatic heterocycles. The minimum Gasteiger partial charge on any atom is -0.379 e. The van der Waals surface area contributed by atoms with Crippen LogP contribution in [0, 0.1) is 10.1 Å². The summed E-state index contributed by atoms with van der Waals surface area (Å²) in [5.74, 6) is 0.817. The van der Waals surface area contributed by atoms with Gasteiger partial charge in [0.2, 0.25) is 0 Å². The average Bonchev–Trinajstić information content (AvgIpc) is 3.58. The number of morpholine rings is 1. The lowest BCUT2D eigenvalue weighted by Crippen LogP contribution is -2.46. The molecule has 2 fully saturated rings. The number of hydrogen-bond donors (Lipinski definition) is 2. The molecule has 0 aliphatic carbocycles. The highest BCUT2D eigenvalue weighted by Gasteiger charge is 2.26. The van der Waals surface area contributed by atoms with E-state index in [0.29, 0.717) is 24.4 Å². The molecule has 5 aromatic carbocycles. The minimum absolute atomic E-state index is 0.121. The summed E-state index contributed by atoms with van der Waals surface area (Å²) in [7, 11) is -2.48. The summed E-state index contributed by atoms with van der Waals surface area (Å²) in [6, 6.07) is 36.2. The Morgan fingerprint density at radius 3 is 2.36 bits per heavy atom. The number of sulfonamides is 1. The highest BCUT2D eigenvalue weighted by molar-refractivity contribution is 7.99. The van der Waals surface area contributed by atoms with Crippen LogP contribution in [0.15, 0.2) is 125 Å². The van der Waals surface area contributed by atoms with Gasteiger partial charge in [-0.25, -0.2) is 8.42 Å². The van der Waals surface area contributed by atoms with Crippen molar-refractivity contribution in [2.45, 2.75) is 28.8 Å². The van der Waals surface area contributed by atoms with E-state index in [9.17, 15) is 18.5 Å². The van der Waals surface area contributed by atoms with E-state index in [-0.39, 0.29) is 28.1 Å². The second-order valence-corrected chi connectivity index (χ2v) is 18.6. The van der Waals surface area contributed by atoms with Crippen LogP contribution >= 0.6 is 23.4 Å². The normalized spacial score (nSPS) is 15.8. The predicted molar refractivity (Wildman–Crippen MR) is 245 cm³/mol. The van der Waals surface area contributed by atoms with Gasteiger partial charge in [0.25, 0.3) is 15.7 Å². The van der Waals surface area contributed by atoms with Crippen LogP contribution in [-0.4, -0.2) is 104 Å². The predicted octanol–water partition coefficient (Wildman–Crippen LogP) is 8.22. The van der Waals surface area contributed by atoms with Crippen molar-refractivity contribution in [1.82, 2.24) is 19.6 Å². The van der Waals surface area contributed by atoms with Crippen molar-refractivity contribution in [2.75, 3.05) is 79.7 Å². The Labute approximate surface area is 365 Å². The Bertz CT molecular complexity index is 2560. The first-order valence-corrected chi connectivity index (χ1v) is 23.3. The third-order valence-corrected chi connectivity index (χ3v) is 14.1. The summed E-state index contributed by atoms with van der Waals surface area (Å²) in [4.78, 5) is 19.9. The van der Waals surface area contributed by atoms with E-state index in [0.717, 1.165) is 91.5 Å². The van der Waals surface area contributed by atoms with Crippen molar-refractivity contribution in [1.29, 1.82) is 0 Å². The summed E-state index contributed by atoms with van der Waals surface area (Å²) in [5.41, 5.74) is 5.35. The van der Waals surface area contributed by atoms with Gasteiger partial charge in [0.05, 0.1) is 28.5 Å². The number of nitro groups is 1. The van der Waals surface area contributed by atoms with E-state index in [1.807, 2.05) is 60.7 Å². The average molecular weight is 882 g/mol. The Kier molecular flexibility index (Phi) is 13.4. The number of piperazine rings is 1. The Morgan fingerprint density at radius 1 is 0.869 bits per heavy atom. The first-order chi connectivity index (χ1) is 29.6. The topological polar surface area (TPSA) is 138 Å². The van der Waals surface area contributed by atoms with Crippen molar-refractivity contribution in [3.05, 3.63) is 136 Å². The molecule has 0 unspecified atom stereocenters. The van der Waals surface area contributed by atoms with Gasteiger partial charge in [0.15, 0.2) is 5.82 Å². The zero-order valence-electron chi connectivity index (χ0n) is 34.0. The van der Waals surface area contributed by atoms with Crippen LogP contribution in [-0.2, 0) is 28.4 Å². The lowest BCUT2D eigenvalue weighted by molar-refractivity contribution is -0.384. The number of benzene rings is 5. The van der Waals surface area contributed by atoms with Crippen LogP contribution in [0.2, 0.25) is 5.02 Å². The number of hydrogen-bond acceptors (Lipinski definition) is 11. The van der Waals surface area contributed by atoms with E-state index in [1.54, 1.807) is 23.5 Å². The van der Waals surface area contributed by atoms with Gasteiger partial charge in [-0.05, 0) is 77.7 Å². The molecule has 2 aliphatic heterocycles. The molecule has 0 bridgehead atoms. The van der Waals surface area contributed by atoms with Crippen LogP contribution in [0.1, 0.15) is 12.0 Å². The fraction of sp³-hybridized carbons (Fsp3) is 0.311. The molecule has 61 heavy (non-hydrogen) atoms. The number of thioether (sulfide) groups is 1. The van der Waals surface area contributed by atoms with Crippen LogP contribution in [0.25, 0.3) is 22.0 Å². The van der Waals surface area contributed by atoms with Gasteiger partial charge in [-0.2, -0.15) is 5.10 Å². The zero-order valence-corrected chi connectivity index (χ0v) is 36.3. The maximum atomic E-state index is 13.9. The standard InChI is InChI=1S/C45H49ClN8O5S2/c1-50-43-29-37(53-23-21-52(22-24-53)31-34-7-5-6-10-40(34)33-11-13-35(46)14-12-33)15-17-41(43)45(48-50)49-61(57,58)39-16-18-42(44(30-39)54(55)56)47-36(19-20-51-25-27-59-28-26-51)32-60-38-8-3-2-4-9-38/h2-18,29-30,36,47H,19-28,31-32H2,1H3,(H,48,49)/t36-/m1/s1. The lowest BCUT2D eigenvalue weighted by atomic mass is 9.99. The number of halogens is 1. The molecule has 6 aromatic rings. The van der Waals surface area contributed by atoms with Gasteiger partial charge in [-0.3, -0.25) is 29.3 Å². The highest BCUT2D eigenvalue weighted by atomic mass is 35.5.